The lowest BCUT2D eigenvalue weighted by Crippen LogP contribution is -2.60. The molecular weight excluding hydrogens is 314 g/mol. The predicted octanol–water partition coefficient (Wildman–Crippen LogP) is 3.02. The highest BCUT2D eigenvalue weighted by Crippen LogP contribution is 2.48. The van der Waals surface area contributed by atoms with Crippen molar-refractivity contribution in [3.05, 3.63) is 47.8 Å². The van der Waals surface area contributed by atoms with Gasteiger partial charge in [0.2, 0.25) is 0 Å². The van der Waals surface area contributed by atoms with Crippen LogP contribution >= 0.6 is 0 Å². The summed E-state index contributed by atoms with van der Waals surface area (Å²) in [5.74, 6) is 0.118. The molecule has 1 fully saturated rings. The van der Waals surface area contributed by atoms with Crippen molar-refractivity contribution in [3.8, 4) is 0 Å². The molecule has 2 aromatic rings. The van der Waals surface area contributed by atoms with Gasteiger partial charge < -0.3 is 4.90 Å². The van der Waals surface area contributed by atoms with E-state index in [0.717, 1.165) is 23.0 Å². The fourth-order valence-electron chi connectivity index (χ4n) is 4.35. The molecule has 0 bridgehead atoms. The number of hydrogen-bond donors (Lipinski definition) is 0. The third-order valence-electron chi connectivity index (χ3n) is 5.26. The lowest BCUT2D eigenvalue weighted by Gasteiger charge is -2.53. The minimum atomic E-state index is -0.364. The van der Waals surface area contributed by atoms with Crippen LogP contribution in [0.1, 0.15) is 37.7 Å². The van der Waals surface area contributed by atoms with Crippen LogP contribution in [0.3, 0.4) is 0 Å². The number of allylic oxidation sites excluding steroid dienone is 1. The Hall–Kier alpha value is -2.56. The molecule has 1 aliphatic carbocycles. The first-order chi connectivity index (χ1) is 11.8. The van der Waals surface area contributed by atoms with Gasteiger partial charge in [-0.15, -0.1) is 0 Å². The number of ketones is 1. The highest BCUT2D eigenvalue weighted by Gasteiger charge is 2.51. The highest BCUT2D eigenvalue weighted by molar-refractivity contribution is 6.00. The maximum Gasteiger partial charge on any atom is 0.274 e. The van der Waals surface area contributed by atoms with Crippen LogP contribution in [0.2, 0.25) is 0 Å². The van der Waals surface area contributed by atoms with Crippen molar-refractivity contribution in [3.63, 3.8) is 0 Å². The molecule has 2 aliphatic rings. The van der Waals surface area contributed by atoms with Crippen LogP contribution in [0.4, 0.5) is 0 Å². The molecule has 1 spiro atoms. The average molecular weight is 335 g/mol. The molecule has 1 aromatic carbocycles. The summed E-state index contributed by atoms with van der Waals surface area (Å²) in [4.78, 5) is 35.6. The van der Waals surface area contributed by atoms with E-state index in [1.165, 1.54) is 0 Å². The molecule has 0 atom stereocenters. The SMILES string of the molecule is CC1=CC2(CN(C(=O)c3cnc4ccccc4n3)C2)CC(C)(C)C1=O. The van der Waals surface area contributed by atoms with Gasteiger partial charge in [-0.1, -0.05) is 32.1 Å². The van der Waals surface area contributed by atoms with Gasteiger partial charge in [-0.3, -0.25) is 14.6 Å². The second-order valence-corrected chi connectivity index (χ2v) is 7.98. The molecule has 5 nitrogen and oxygen atoms in total. The second kappa shape index (κ2) is 5.22. The summed E-state index contributed by atoms with van der Waals surface area (Å²) >= 11 is 0. The van der Waals surface area contributed by atoms with Crippen LogP contribution < -0.4 is 0 Å². The first-order valence-electron chi connectivity index (χ1n) is 8.55. The molecule has 4 rings (SSSR count). The Morgan fingerprint density at radius 1 is 1.16 bits per heavy atom. The number of aromatic nitrogens is 2. The zero-order valence-corrected chi connectivity index (χ0v) is 14.7. The molecule has 0 saturated carbocycles. The fourth-order valence-corrected chi connectivity index (χ4v) is 4.35. The van der Waals surface area contributed by atoms with Gasteiger partial charge >= 0.3 is 0 Å². The van der Waals surface area contributed by atoms with Crippen molar-refractivity contribution < 1.29 is 9.59 Å². The Kier molecular flexibility index (Phi) is 3.33. The Morgan fingerprint density at radius 3 is 2.52 bits per heavy atom. The summed E-state index contributed by atoms with van der Waals surface area (Å²) in [7, 11) is 0. The fraction of sp³-hybridized carbons (Fsp3) is 0.400. The molecule has 5 heteroatoms. The second-order valence-electron chi connectivity index (χ2n) is 7.98. The van der Waals surface area contributed by atoms with Gasteiger partial charge in [-0.05, 0) is 31.1 Å². The third kappa shape index (κ3) is 2.54. The number of Topliss-reactive ketones (excluding diaryl/α,β-unsaturated/α-hetero) is 1. The molecule has 2 heterocycles. The molecule has 0 radical (unpaired) electrons. The van der Waals surface area contributed by atoms with Crippen molar-refractivity contribution in [2.75, 3.05) is 13.1 Å². The van der Waals surface area contributed by atoms with Crippen molar-refractivity contribution >= 4 is 22.7 Å². The number of nitrogens with zero attached hydrogens (tertiary/aromatic N) is 3. The molecule has 0 unspecified atom stereocenters. The molecule has 1 amide bonds. The van der Waals surface area contributed by atoms with Crippen molar-refractivity contribution in [1.29, 1.82) is 0 Å². The highest BCUT2D eigenvalue weighted by atomic mass is 16.2. The third-order valence-corrected chi connectivity index (χ3v) is 5.26. The van der Waals surface area contributed by atoms with Gasteiger partial charge in [-0.25, -0.2) is 4.98 Å². The van der Waals surface area contributed by atoms with Crippen LogP contribution in [0, 0.1) is 10.8 Å². The summed E-state index contributed by atoms with van der Waals surface area (Å²) in [6.45, 7) is 7.13. The monoisotopic (exact) mass is 335 g/mol. The quantitative estimate of drug-likeness (QED) is 0.803. The molecule has 1 saturated heterocycles. The van der Waals surface area contributed by atoms with Crippen LogP contribution in [0.25, 0.3) is 11.0 Å². The number of carbonyl (C=O) groups excluding carboxylic acids is 2. The van der Waals surface area contributed by atoms with E-state index < -0.39 is 0 Å². The Bertz CT molecular complexity index is 923. The van der Waals surface area contributed by atoms with Crippen molar-refractivity contribution in [2.24, 2.45) is 10.8 Å². The topological polar surface area (TPSA) is 63.2 Å². The lowest BCUT2D eigenvalue weighted by atomic mass is 9.61. The zero-order chi connectivity index (χ0) is 17.8. The van der Waals surface area contributed by atoms with Crippen molar-refractivity contribution in [2.45, 2.75) is 27.2 Å². The van der Waals surface area contributed by atoms with Gasteiger partial charge in [0.15, 0.2) is 5.78 Å². The summed E-state index contributed by atoms with van der Waals surface area (Å²) in [5, 5.41) is 0. The molecule has 1 aromatic heterocycles. The van der Waals surface area contributed by atoms with E-state index in [4.69, 9.17) is 0 Å². The van der Waals surface area contributed by atoms with Gasteiger partial charge in [-0.2, -0.15) is 0 Å². The van der Waals surface area contributed by atoms with E-state index in [0.29, 0.717) is 18.8 Å². The first kappa shape index (κ1) is 15.9. The number of amides is 1. The van der Waals surface area contributed by atoms with E-state index in [2.05, 4.69) is 16.0 Å². The van der Waals surface area contributed by atoms with Crippen LogP contribution in [0.5, 0.6) is 0 Å². The number of fused-ring (bicyclic) bond motifs is 1. The largest absolute Gasteiger partial charge is 0.335 e. The summed E-state index contributed by atoms with van der Waals surface area (Å²) in [5.41, 5.74) is 2.25. The Balaban J connectivity index is 1.55. The Morgan fingerprint density at radius 2 is 1.84 bits per heavy atom. The van der Waals surface area contributed by atoms with Gasteiger partial charge in [0.25, 0.3) is 5.91 Å². The number of carbonyl (C=O) groups is 2. The lowest BCUT2D eigenvalue weighted by molar-refractivity contribution is -0.127. The van der Waals surface area contributed by atoms with Gasteiger partial charge in [0, 0.05) is 23.9 Å². The number of hydrogen-bond acceptors (Lipinski definition) is 4. The maximum absolute atomic E-state index is 12.7. The number of rotatable bonds is 1. The van der Waals surface area contributed by atoms with Crippen LogP contribution in [-0.2, 0) is 4.79 Å². The van der Waals surface area contributed by atoms with E-state index in [1.54, 1.807) is 11.1 Å². The van der Waals surface area contributed by atoms with E-state index >= 15 is 0 Å². The van der Waals surface area contributed by atoms with E-state index in [-0.39, 0.29) is 22.5 Å². The van der Waals surface area contributed by atoms with E-state index in [1.807, 2.05) is 45.0 Å². The van der Waals surface area contributed by atoms with Crippen LogP contribution in [-0.4, -0.2) is 39.6 Å². The minimum absolute atomic E-state index is 0.0819. The number of benzene rings is 1. The molecule has 0 N–H and O–H groups in total. The van der Waals surface area contributed by atoms with Gasteiger partial charge in [0.05, 0.1) is 17.2 Å². The smallest absolute Gasteiger partial charge is 0.274 e. The molecular formula is C20H21N3O2. The first-order valence-corrected chi connectivity index (χ1v) is 8.55. The Labute approximate surface area is 146 Å². The van der Waals surface area contributed by atoms with Crippen molar-refractivity contribution in [1.82, 2.24) is 14.9 Å². The number of para-hydroxylation sites is 2. The summed E-state index contributed by atoms with van der Waals surface area (Å²) in [6.07, 6.45) is 4.39. The minimum Gasteiger partial charge on any atom is -0.335 e. The normalized spacial score (nSPS) is 21.2. The number of likely N-dealkylation sites (tertiary alicyclic amines) is 1. The van der Waals surface area contributed by atoms with Crippen LogP contribution in [0.15, 0.2) is 42.1 Å². The van der Waals surface area contributed by atoms with E-state index in [9.17, 15) is 9.59 Å². The zero-order valence-electron chi connectivity index (χ0n) is 14.7. The summed E-state index contributed by atoms with van der Waals surface area (Å²) in [6, 6.07) is 7.53. The van der Waals surface area contributed by atoms with Gasteiger partial charge in [0.1, 0.15) is 5.69 Å². The predicted molar refractivity (Wildman–Crippen MR) is 95.0 cm³/mol. The summed E-state index contributed by atoms with van der Waals surface area (Å²) < 4.78 is 0. The maximum atomic E-state index is 12.7. The standard InChI is InChI=1S/C20H21N3O2/c1-13-8-20(10-19(2,3)17(13)24)11-23(12-20)18(25)16-9-21-14-6-4-5-7-15(14)22-16/h4-9H,10-12H2,1-3H3. The molecule has 25 heavy (non-hydrogen) atoms. The molecule has 1 aliphatic heterocycles. The molecule has 128 valence electrons. The average Bonchev–Trinajstić information content (AvgIpc) is 2.56.